The molecule has 0 fully saturated rings. The SMILES string of the molecule is COc1c(-c2ccncc2)n[nH]c1N. The van der Waals surface area contributed by atoms with Gasteiger partial charge < -0.3 is 10.5 Å². The van der Waals surface area contributed by atoms with Crippen LogP contribution < -0.4 is 10.5 Å². The molecule has 0 radical (unpaired) electrons. The summed E-state index contributed by atoms with van der Waals surface area (Å²) in [4.78, 5) is 3.92. The Morgan fingerprint density at radius 2 is 2.07 bits per heavy atom. The Labute approximate surface area is 80.9 Å². The summed E-state index contributed by atoms with van der Waals surface area (Å²) in [6.07, 6.45) is 3.39. The van der Waals surface area contributed by atoms with Gasteiger partial charge in [0.25, 0.3) is 0 Å². The number of nitrogens with two attached hydrogens (primary N) is 1. The molecule has 0 aliphatic carbocycles. The van der Waals surface area contributed by atoms with Crippen molar-refractivity contribution in [3.05, 3.63) is 24.5 Å². The standard InChI is InChI=1S/C9H10N4O/c1-14-8-7(12-13-9(8)10)6-2-4-11-5-3-6/h2-5H,1H3,(H3,10,12,13). The number of aromatic nitrogens is 3. The van der Waals surface area contributed by atoms with Crippen LogP contribution in [0.1, 0.15) is 0 Å². The Hall–Kier alpha value is -2.04. The number of nitrogens with one attached hydrogen (secondary N) is 1. The van der Waals surface area contributed by atoms with Crippen LogP contribution in [0.4, 0.5) is 5.82 Å². The molecule has 0 saturated heterocycles. The minimum atomic E-state index is 0.430. The molecule has 0 amide bonds. The summed E-state index contributed by atoms with van der Waals surface area (Å²) in [6, 6.07) is 3.69. The molecule has 5 nitrogen and oxygen atoms in total. The summed E-state index contributed by atoms with van der Waals surface area (Å²) in [5.41, 5.74) is 7.25. The zero-order chi connectivity index (χ0) is 9.97. The molecule has 2 heterocycles. The fourth-order valence-corrected chi connectivity index (χ4v) is 1.26. The smallest absolute Gasteiger partial charge is 0.188 e. The molecule has 5 heteroatoms. The summed E-state index contributed by atoms with van der Waals surface area (Å²) in [7, 11) is 1.56. The van der Waals surface area contributed by atoms with Crippen molar-refractivity contribution in [2.24, 2.45) is 0 Å². The molecule has 0 unspecified atom stereocenters. The molecule has 0 aliphatic rings. The molecule has 0 bridgehead atoms. The number of rotatable bonds is 2. The fourth-order valence-electron chi connectivity index (χ4n) is 1.26. The van der Waals surface area contributed by atoms with Gasteiger partial charge in [-0.2, -0.15) is 5.10 Å². The summed E-state index contributed by atoms with van der Waals surface area (Å²) >= 11 is 0. The first-order valence-electron chi connectivity index (χ1n) is 4.11. The van der Waals surface area contributed by atoms with E-state index in [0.717, 1.165) is 5.56 Å². The fraction of sp³-hybridized carbons (Fsp3) is 0.111. The van der Waals surface area contributed by atoms with E-state index in [4.69, 9.17) is 10.5 Å². The van der Waals surface area contributed by atoms with Crippen LogP contribution in [0.3, 0.4) is 0 Å². The molecule has 0 aliphatic heterocycles. The Kier molecular flexibility index (Phi) is 2.06. The zero-order valence-corrected chi connectivity index (χ0v) is 7.69. The van der Waals surface area contributed by atoms with Gasteiger partial charge in [0, 0.05) is 18.0 Å². The van der Waals surface area contributed by atoms with Gasteiger partial charge in [-0.3, -0.25) is 10.1 Å². The number of hydrogen-bond donors (Lipinski definition) is 2. The Morgan fingerprint density at radius 1 is 1.36 bits per heavy atom. The molecule has 3 N–H and O–H groups in total. The Balaban J connectivity index is 2.52. The monoisotopic (exact) mass is 190 g/mol. The molecular formula is C9H10N4O. The maximum atomic E-state index is 5.63. The van der Waals surface area contributed by atoms with E-state index in [1.807, 2.05) is 12.1 Å². The van der Waals surface area contributed by atoms with E-state index in [-0.39, 0.29) is 0 Å². The molecular weight excluding hydrogens is 180 g/mol. The van der Waals surface area contributed by atoms with Crippen LogP contribution in [-0.4, -0.2) is 22.3 Å². The number of nitrogens with zero attached hydrogens (tertiary/aromatic N) is 2. The van der Waals surface area contributed by atoms with Crippen molar-refractivity contribution in [3.8, 4) is 17.0 Å². The number of H-pyrrole nitrogens is 1. The van der Waals surface area contributed by atoms with Gasteiger partial charge in [-0.15, -0.1) is 0 Å². The van der Waals surface area contributed by atoms with Gasteiger partial charge in [-0.1, -0.05) is 0 Å². The average Bonchev–Trinajstić information content (AvgIpc) is 2.61. The summed E-state index contributed by atoms with van der Waals surface area (Å²) in [5.74, 6) is 0.996. The van der Waals surface area contributed by atoms with Crippen LogP contribution in [0, 0.1) is 0 Å². The van der Waals surface area contributed by atoms with Crippen LogP contribution in [0.15, 0.2) is 24.5 Å². The van der Waals surface area contributed by atoms with Crippen molar-refractivity contribution in [3.63, 3.8) is 0 Å². The van der Waals surface area contributed by atoms with Gasteiger partial charge in [0.2, 0.25) is 0 Å². The molecule has 0 atom stereocenters. The highest BCUT2D eigenvalue weighted by molar-refractivity contribution is 5.71. The van der Waals surface area contributed by atoms with Crippen LogP contribution >= 0.6 is 0 Å². The molecule has 2 rings (SSSR count). The number of methoxy groups -OCH3 is 1. The van der Waals surface area contributed by atoms with Gasteiger partial charge in [-0.25, -0.2) is 0 Å². The lowest BCUT2D eigenvalue weighted by Crippen LogP contribution is -1.90. The maximum absolute atomic E-state index is 5.63. The van der Waals surface area contributed by atoms with Gasteiger partial charge >= 0.3 is 0 Å². The summed E-state index contributed by atoms with van der Waals surface area (Å²) < 4.78 is 5.13. The van der Waals surface area contributed by atoms with Crippen molar-refractivity contribution < 1.29 is 4.74 Å². The van der Waals surface area contributed by atoms with Gasteiger partial charge in [0.1, 0.15) is 5.69 Å². The van der Waals surface area contributed by atoms with Crippen molar-refractivity contribution in [2.45, 2.75) is 0 Å². The summed E-state index contributed by atoms with van der Waals surface area (Å²) in [5, 5.41) is 6.72. The van der Waals surface area contributed by atoms with Crippen molar-refractivity contribution in [2.75, 3.05) is 12.8 Å². The van der Waals surface area contributed by atoms with Crippen LogP contribution in [0.2, 0.25) is 0 Å². The number of ether oxygens (including phenoxy) is 1. The molecule has 0 spiro atoms. The van der Waals surface area contributed by atoms with E-state index in [1.54, 1.807) is 19.5 Å². The molecule has 0 saturated carbocycles. The Bertz CT molecular complexity index is 424. The predicted octanol–water partition coefficient (Wildman–Crippen LogP) is 1.06. The third-order valence-corrected chi connectivity index (χ3v) is 1.91. The zero-order valence-electron chi connectivity index (χ0n) is 7.69. The lowest BCUT2D eigenvalue weighted by atomic mass is 10.2. The van der Waals surface area contributed by atoms with E-state index < -0.39 is 0 Å². The number of pyridine rings is 1. The largest absolute Gasteiger partial charge is 0.491 e. The molecule has 72 valence electrons. The van der Waals surface area contributed by atoms with E-state index in [1.165, 1.54) is 0 Å². The highest BCUT2D eigenvalue weighted by Gasteiger charge is 2.12. The minimum Gasteiger partial charge on any atom is -0.491 e. The Morgan fingerprint density at radius 3 is 2.71 bits per heavy atom. The molecule has 2 aromatic heterocycles. The van der Waals surface area contributed by atoms with Crippen LogP contribution in [-0.2, 0) is 0 Å². The van der Waals surface area contributed by atoms with E-state index in [2.05, 4.69) is 15.2 Å². The second-order valence-electron chi connectivity index (χ2n) is 2.76. The number of anilines is 1. The van der Waals surface area contributed by atoms with Crippen molar-refractivity contribution in [1.82, 2.24) is 15.2 Å². The van der Waals surface area contributed by atoms with Gasteiger partial charge in [0.15, 0.2) is 11.6 Å². The van der Waals surface area contributed by atoms with Crippen molar-refractivity contribution >= 4 is 5.82 Å². The van der Waals surface area contributed by atoms with Crippen LogP contribution in [0.25, 0.3) is 11.3 Å². The molecule has 14 heavy (non-hydrogen) atoms. The first kappa shape index (κ1) is 8.55. The van der Waals surface area contributed by atoms with Gasteiger partial charge in [-0.05, 0) is 12.1 Å². The van der Waals surface area contributed by atoms with Crippen molar-refractivity contribution in [1.29, 1.82) is 0 Å². The first-order chi connectivity index (χ1) is 6.83. The predicted molar refractivity (Wildman–Crippen MR) is 52.8 cm³/mol. The summed E-state index contributed by atoms with van der Waals surface area (Å²) in [6.45, 7) is 0. The normalized spacial score (nSPS) is 10.1. The molecule has 0 aromatic carbocycles. The lowest BCUT2D eigenvalue weighted by Gasteiger charge is -2.00. The highest BCUT2D eigenvalue weighted by Crippen LogP contribution is 2.31. The molecule has 2 aromatic rings. The third kappa shape index (κ3) is 1.28. The number of nitrogen functional groups attached to an aromatic ring is 1. The quantitative estimate of drug-likeness (QED) is 0.742. The number of aromatic amines is 1. The minimum absolute atomic E-state index is 0.430. The van der Waals surface area contributed by atoms with E-state index in [9.17, 15) is 0 Å². The van der Waals surface area contributed by atoms with E-state index >= 15 is 0 Å². The first-order valence-corrected chi connectivity index (χ1v) is 4.11. The van der Waals surface area contributed by atoms with Crippen LogP contribution in [0.5, 0.6) is 5.75 Å². The second-order valence-corrected chi connectivity index (χ2v) is 2.76. The van der Waals surface area contributed by atoms with Gasteiger partial charge in [0.05, 0.1) is 7.11 Å². The number of hydrogen-bond acceptors (Lipinski definition) is 4. The lowest BCUT2D eigenvalue weighted by molar-refractivity contribution is 0.419. The average molecular weight is 190 g/mol. The van der Waals surface area contributed by atoms with E-state index in [0.29, 0.717) is 17.3 Å². The second kappa shape index (κ2) is 3.37. The highest BCUT2D eigenvalue weighted by atomic mass is 16.5. The third-order valence-electron chi connectivity index (χ3n) is 1.91. The topological polar surface area (TPSA) is 76.8 Å². The maximum Gasteiger partial charge on any atom is 0.188 e.